The Morgan fingerprint density at radius 3 is 2.28 bits per heavy atom. The Morgan fingerprint density at radius 2 is 1.66 bits per heavy atom. The van der Waals surface area contributed by atoms with Gasteiger partial charge in [0.15, 0.2) is 0 Å². The molecule has 0 unspecified atom stereocenters. The molecule has 2 heterocycles. The summed E-state index contributed by atoms with van der Waals surface area (Å²) in [6.07, 6.45) is 6.94. The first-order valence-electron chi connectivity index (χ1n) is 10.7. The quantitative estimate of drug-likeness (QED) is 0.761. The summed E-state index contributed by atoms with van der Waals surface area (Å²) in [5.74, 6) is 0.100. The van der Waals surface area contributed by atoms with Gasteiger partial charge in [0.05, 0.1) is 18.1 Å². The van der Waals surface area contributed by atoms with Crippen molar-refractivity contribution >= 4 is 21.6 Å². The van der Waals surface area contributed by atoms with Gasteiger partial charge >= 0.3 is 0 Å². The first-order valence-corrected chi connectivity index (χ1v) is 12.2. The second kappa shape index (κ2) is 8.71. The summed E-state index contributed by atoms with van der Waals surface area (Å²) in [7, 11) is -3.60. The lowest BCUT2D eigenvalue weighted by molar-refractivity contribution is -0.117. The van der Waals surface area contributed by atoms with Gasteiger partial charge in [0, 0.05) is 43.8 Å². The highest BCUT2D eigenvalue weighted by atomic mass is 32.2. The zero-order chi connectivity index (χ0) is 20.3. The number of carbonyl (C=O) groups excluding carboxylic acids is 1. The molecule has 4 rings (SSSR count). The predicted octanol–water partition coefficient (Wildman–Crippen LogP) is 2.13. The fourth-order valence-electron chi connectivity index (χ4n) is 4.89. The molecule has 1 N–H and O–H groups in total. The zero-order valence-electron chi connectivity index (χ0n) is 16.9. The SMILES string of the molecule is O=C1CCCN1c1ccc(S(=O)(=O)NCC2(N3CCOCC3)CCCCC2)cc1. The Balaban J connectivity index is 1.46. The molecule has 0 atom stereocenters. The smallest absolute Gasteiger partial charge is 0.240 e. The molecule has 8 heteroatoms. The Kier molecular flexibility index (Phi) is 6.24. The highest BCUT2D eigenvalue weighted by molar-refractivity contribution is 7.89. The average Bonchev–Trinajstić information content (AvgIpc) is 3.20. The van der Waals surface area contributed by atoms with Gasteiger partial charge in [-0.25, -0.2) is 13.1 Å². The van der Waals surface area contributed by atoms with Gasteiger partial charge in [0.2, 0.25) is 15.9 Å². The zero-order valence-corrected chi connectivity index (χ0v) is 17.8. The largest absolute Gasteiger partial charge is 0.379 e. The Hall–Kier alpha value is -1.48. The van der Waals surface area contributed by atoms with E-state index in [2.05, 4.69) is 9.62 Å². The van der Waals surface area contributed by atoms with Gasteiger partial charge in [-0.2, -0.15) is 0 Å². The van der Waals surface area contributed by atoms with Gasteiger partial charge < -0.3 is 9.64 Å². The maximum Gasteiger partial charge on any atom is 0.240 e. The minimum absolute atomic E-state index is 0.100. The Labute approximate surface area is 173 Å². The van der Waals surface area contributed by atoms with Crippen molar-refractivity contribution in [1.82, 2.24) is 9.62 Å². The van der Waals surface area contributed by atoms with Crippen LogP contribution in [-0.2, 0) is 19.6 Å². The van der Waals surface area contributed by atoms with E-state index in [4.69, 9.17) is 4.74 Å². The second-order valence-electron chi connectivity index (χ2n) is 8.35. The van der Waals surface area contributed by atoms with Crippen molar-refractivity contribution < 1.29 is 17.9 Å². The lowest BCUT2D eigenvalue weighted by atomic mass is 9.80. The van der Waals surface area contributed by atoms with E-state index in [1.165, 1.54) is 6.42 Å². The maximum absolute atomic E-state index is 13.0. The molecule has 29 heavy (non-hydrogen) atoms. The minimum Gasteiger partial charge on any atom is -0.379 e. The summed E-state index contributed by atoms with van der Waals surface area (Å²) in [5, 5.41) is 0. The highest BCUT2D eigenvalue weighted by Gasteiger charge is 2.39. The summed E-state index contributed by atoms with van der Waals surface area (Å²) < 4.78 is 34.3. The number of carbonyl (C=O) groups is 1. The molecule has 2 saturated heterocycles. The fraction of sp³-hybridized carbons (Fsp3) is 0.667. The van der Waals surface area contributed by atoms with E-state index in [0.717, 1.165) is 50.9 Å². The van der Waals surface area contributed by atoms with E-state index in [9.17, 15) is 13.2 Å². The van der Waals surface area contributed by atoms with E-state index in [1.54, 1.807) is 29.2 Å². The molecule has 3 aliphatic rings. The van der Waals surface area contributed by atoms with Crippen molar-refractivity contribution in [3.05, 3.63) is 24.3 Å². The van der Waals surface area contributed by atoms with E-state index >= 15 is 0 Å². The number of hydrogen-bond donors (Lipinski definition) is 1. The normalized spacial score (nSPS) is 23.4. The number of amides is 1. The summed E-state index contributed by atoms with van der Waals surface area (Å²) in [5.41, 5.74) is 0.653. The summed E-state index contributed by atoms with van der Waals surface area (Å²) >= 11 is 0. The van der Waals surface area contributed by atoms with Crippen LogP contribution in [0.1, 0.15) is 44.9 Å². The Morgan fingerprint density at radius 1 is 0.966 bits per heavy atom. The molecule has 0 aromatic heterocycles. The molecule has 1 aliphatic carbocycles. The maximum atomic E-state index is 13.0. The van der Waals surface area contributed by atoms with Gasteiger partial charge in [-0.15, -0.1) is 0 Å². The molecule has 160 valence electrons. The number of anilines is 1. The third kappa shape index (κ3) is 4.50. The molecule has 1 aromatic rings. The number of benzene rings is 1. The highest BCUT2D eigenvalue weighted by Crippen LogP contribution is 2.34. The fourth-order valence-corrected chi connectivity index (χ4v) is 6.01. The van der Waals surface area contributed by atoms with Crippen LogP contribution < -0.4 is 9.62 Å². The average molecular weight is 422 g/mol. The van der Waals surface area contributed by atoms with Crippen molar-refractivity contribution in [3.8, 4) is 0 Å². The molecule has 0 spiro atoms. The summed E-state index contributed by atoms with van der Waals surface area (Å²) in [4.78, 5) is 16.3. The number of rotatable bonds is 6. The molecule has 0 bridgehead atoms. The van der Waals surface area contributed by atoms with Crippen LogP contribution in [0, 0.1) is 0 Å². The topological polar surface area (TPSA) is 79.0 Å². The number of nitrogens with one attached hydrogen (secondary N) is 1. The molecule has 1 amide bonds. The molecule has 1 aromatic carbocycles. The number of ether oxygens (including phenoxy) is 1. The van der Waals surface area contributed by atoms with E-state index < -0.39 is 10.0 Å². The summed E-state index contributed by atoms with van der Waals surface area (Å²) in [6, 6.07) is 6.67. The van der Waals surface area contributed by atoms with E-state index in [-0.39, 0.29) is 16.3 Å². The minimum atomic E-state index is -3.60. The molecule has 7 nitrogen and oxygen atoms in total. The number of hydrogen-bond acceptors (Lipinski definition) is 5. The van der Waals surface area contributed by atoms with E-state index in [0.29, 0.717) is 32.7 Å². The van der Waals surface area contributed by atoms with Crippen molar-refractivity contribution in [2.75, 3.05) is 44.3 Å². The van der Waals surface area contributed by atoms with E-state index in [1.807, 2.05) is 0 Å². The van der Waals surface area contributed by atoms with Gasteiger partial charge in [-0.1, -0.05) is 19.3 Å². The predicted molar refractivity (Wildman–Crippen MR) is 111 cm³/mol. The molecule has 0 radical (unpaired) electrons. The Bertz CT molecular complexity index is 813. The van der Waals surface area contributed by atoms with Crippen LogP contribution >= 0.6 is 0 Å². The van der Waals surface area contributed by atoms with Crippen LogP contribution in [0.25, 0.3) is 0 Å². The molecular formula is C21H31N3O4S. The van der Waals surface area contributed by atoms with Crippen molar-refractivity contribution in [3.63, 3.8) is 0 Å². The van der Waals surface area contributed by atoms with Gasteiger partial charge in [0.25, 0.3) is 0 Å². The van der Waals surface area contributed by atoms with Crippen LogP contribution in [0.2, 0.25) is 0 Å². The lowest BCUT2D eigenvalue weighted by Crippen LogP contribution is -2.59. The van der Waals surface area contributed by atoms with Crippen LogP contribution in [0.4, 0.5) is 5.69 Å². The third-order valence-corrected chi connectivity index (χ3v) is 8.01. The van der Waals surface area contributed by atoms with Gasteiger partial charge in [-0.3, -0.25) is 9.69 Å². The number of sulfonamides is 1. The second-order valence-corrected chi connectivity index (χ2v) is 10.1. The first-order chi connectivity index (χ1) is 14.0. The van der Waals surface area contributed by atoms with Crippen LogP contribution in [0.15, 0.2) is 29.2 Å². The van der Waals surface area contributed by atoms with Gasteiger partial charge in [0.1, 0.15) is 0 Å². The number of nitrogens with zero attached hydrogens (tertiary/aromatic N) is 2. The third-order valence-electron chi connectivity index (χ3n) is 6.59. The monoisotopic (exact) mass is 421 g/mol. The molecule has 3 fully saturated rings. The van der Waals surface area contributed by atoms with Crippen molar-refractivity contribution in [1.29, 1.82) is 0 Å². The molecule has 1 saturated carbocycles. The standard InChI is InChI=1S/C21H31N3O4S/c25-20-5-4-12-24(20)18-6-8-19(9-7-18)29(26,27)22-17-21(10-2-1-3-11-21)23-13-15-28-16-14-23/h6-9,22H,1-5,10-17H2. The van der Waals surface area contributed by atoms with Crippen molar-refractivity contribution in [2.24, 2.45) is 0 Å². The van der Waals surface area contributed by atoms with Gasteiger partial charge in [-0.05, 0) is 43.5 Å². The van der Waals surface area contributed by atoms with Crippen LogP contribution in [0.3, 0.4) is 0 Å². The van der Waals surface area contributed by atoms with Crippen LogP contribution in [-0.4, -0.2) is 64.2 Å². The van der Waals surface area contributed by atoms with Crippen molar-refractivity contribution in [2.45, 2.75) is 55.4 Å². The molecular weight excluding hydrogens is 390 g/mol. The lowest BCUT2D eigenvalue weighted by Gasteiger charge is -2.48. The van der Waals surface area contributed by atoms with Crippen LogP contribution in [0.5, 0.6) is 0 Å². The summed E-state index contributed by atoms with van der Waals surface area (Å²) in [6.45, 7) is 4.28. The molecule has 2 aliphatic heterocycles. The number of morpholine rings is 1. The first kappa shape index (κ1) is 20.8.